The highest BCUT2D eigenvalue weighted by Gasteiger charge is 2.42. The molecular weight excluding hydrogens is 433 g/mol. The summed E-state index contributed by atoms with van der Waals surface area (Å²) in [6.07, 6.45) is 1.32. The molecule has 3 rings (SSSR count). The molecular formula is C24H26FNO5S. The zero-order chi connectivity index (χ0) is 23.7. The van der Waals surface area contributed by atoms with Gasteiger partial charge in [-0.2, -0.15) is 0 Å². The lowest BCUT2D eigenvalue weighted by Crippen LogP contribution is -2.38. The number of carboxylic acid groups (broad SMARTS) is 1. The number of hydrogen-bond donors (Lipinski definition) is 1. The Kier molecular flexibility index (Phi) is 6.57. The van der Waals surface area contributed by atoms with Crippen molar-refractivity contribution < 1.29 is 27.4 Å². The average molecular weight is 460 g/mol. The summed E-state index contributed by atoms with van der Waals surface area (Å²) < 4.78 is 45.3. The van der Waals surface area contributed by atoms with Crippen molar-refractivity contribution in [3.63, 3.8) is 0 Å². The van der Waals surface area contributed by atoms with E-state index in [4.69, 9.17) is 4.74 Å². The molecule has 0 radical (unpaired) electrons. The number of hydrogen-bond acceptors (Lipinski definition) is 4. The summed E-state index contributed by atoms with van der Waals surface area (Å²) in [5.41, 5.74) is 1.25. The van der Waals surface area contributed by atoms with Gasteiger partial charge in [-0.15, -0.1) is 0 Å². The first-order valence-corrected chi connectivity index (χ1v) is 12.1. The van der Waals surface area contributed by atoms with Crippen LogP contribution >= 0.6 is 0 Å². The molecule has 1 heterocycles. The Hall–Kier alpha value is -2.97. The van der Waals surface area contributed by atoms with Crippen molar-refractivity contribution in [1.29, 1.82) is 0 Å². The lowest BCUT2D eigenvalue weighted by Gasteiger charge is -2.28. The first-order chi connectivity index (χ1) is 15.0. The number of carboxylic acids is 1. The van der Waals surface area contributed by atoms with E-state index in [0.29, 0.717) is 28.2 Å². The Morgan fingerprint density at radius 1 is 1.12 bits per heavy atom. The Morgan fingerprint density at radius 2 is 1.78 bits per heavy atom. The summed E-state index contributed by atoms with van der Waals surface area (Å²) in [6.45, 7) is 5.44. The molecule has 1 unspecified atom stereocenters. The Morgan fingerprint density at radius 3 is 2.28 bits per heavy atom. The van der Waals surface area contributed by atoms with E-state index in [0.717, 1.165) is 6.26 Å². The molecule has 2 aromatic carbocycles. The van der Waals surface area contributed by atoms with Crippen LogP contribution in [0.1, 0.15) is 31.5 Å². The van der Waals surface area contributed by atoms with Gasteiger partial charge >= 0.3 is 5.97 Å². The highest BCUT2D eigenvalue weighted by Crippen LogP contribution is 2.39. The van der Waals surface area contributed by atoms with Crippen LogP contribution in [0.5, 0.6) is 0 Å². The van der Waals surface area contributed by atoms with Crippen LogP contribution in [0.3, 0.4) is 0 Å². The Bertz CT molecular complexity index is 1250. The molecule has 0 aliphatic rings. The van der Waals surface area contributed by atoms with Crippen molar-refractivity contribution in [2.45, 2.75) is 37.7 Å². The quantitative estimate of drug-likeness (QED) is 0.527. The van der Waals surface area contributed by atoms with Crippen molar-refractivity contribution in [3.8, 4) is 16.9 Å². The summed E-state index contributed by atoms with van der Waals surface area (Å²) >= 11 is 0. The predicted octanol–water partition coefficient (Wildman–Crippen LogP) is 4.72. The molecule has 0 amide bonds. The molecule has 6 nitrogen and oxygen atoms in total. The lowest BCUT2D eigenvalue weighted by molar-refractivity contribution is -0.168. The summed E-state index contributed by atoms with van der Waals surface area (Å²) in [5, 5.41) is 10.1. The molecule has 8 heteroatoms. The van der Waals surface area contributed by atoms with Gasteiger partial charge in [0.05, 0.1) is 10.6 Å². The second-order valence-corrected chi connectivity index (χ2v) is 9.57. The monoisotopic (exact) mass is 459 g/mol. The molecule has 1 atom stereocenters. The molecule has 0 saturated heterocycles. The third kappa shape index (κ3) is 4.20. The molecule has 1 N–H and O–H groups in total. The third-order valence-corrected chi connectivity index (χ3v) is 6.69. The van der Waals surface area contributed by atoms with E-state index in [1.807, 2.05) is 0 Å². The van der Waals surface area contributed by atoms with Gasteiger partial charge in [0.2, 0.25) is 0 Å². The zero-order valence-corrected chi connectivity index (χ0v) is 19.2. The molecule has 1 aromatic heterocycles. The SMILES string of the molecule is CCOC(CC)(C(=O)O)c1cc(-c2ccc(S(C)(=O)=O)cc2)n(-c2cccc(F)c2)c1C. The molecule has 0 aliphatic carbocycles. The van der Waals surface area contributed by atoms with Crippen LogP contribution < -0.4 is 0 Å². The molecule has 0 spiro atoms. The standard InChI is InChI=1S/C24H26FNO5S/c1-5-24(23(27)28,31-6-2)21-15-22(17-10-12-20(13-11-17)32(4,29)30)26(16(21)3)19-9-7-8-18(25)14-19/h7-15H,5-6H2,1-4H3,(H,27,28). The van der Waals surface area contributed by atoms with E-state index in [-0.39, 0.29) is 17.9 Å². The lowest BCUT2D eigenvalue weighted by atomic mass is 9.90. The first-order valence-electron chi connectivity index (χ1n) is 10.2. The fourth-order valence-corrected chi connectivity index (χ4v) is 4.62. The number of ether oxygens (including phenoxy) is 1. The maximum absolute atomic E-state index is 14.1. The van der Waals surface area contributed by atoms with Gasteiger partial charge in [0.25, 0.3) is 0 Å². The van der Waals surface area contributed by atoms with Gasteiger partial charge in [0, 0.05) is 29.8 Å². The van der Waals surface area contributed by atoms with E-state index in [9.17, 15) is 22.7 Å². The van der Waals surface area contributed by atoms with Crippen molar-refractivity contribution in [1.82, 2.24) is 4.57 Å². The van der Waals surface area contributed by atoms with E-state index >= 15 is 0 Å². The smallest absolute Gasteiger partial charge is 0.340 e. The number of carbonyl (C=O) groups is 1. The van der Waals surface area contributed by atoms with Crippen LogP contribution in [0.2, 0.25) is 0 Å². The van der Waals surface area contributed by atoms with Crippen LogP contribution in [-0.4, -0.2) is 36.9 Å². The normalized spacial score (nSPS) is 13.7. The molecule has 170 valence electrons. The summed E-state index contributed by atoms with van der Waals surface area (Å²) in [5.74, 6) is -1.54. The Balaban J connectivity index is 2.33. The third-order valence-electron chi connectivity index (χ3n) is 5.56. The number of rotatable bonds is 8. The highest BCUT2D eigenvalue weighted by molar-refractivity contribution is 7.90. The summed E-state index contributed by atoms with van der Waals surface area (Å²) in [4.78, 5) is 12.5. The number of nitrogens with zero attached hydrogens (tertiary/aromatic N) is 1. The van der Waals surface area contributed by atoms with E-state index in [1.165, 1.54) is 24.3 Å². The van der Waals surface area contributed by atoms with Gasteiger partial charge < -0.3 is 14.4 Å². The van der Waals surface area contributed by atoms with Gasteiger partial charge in [0.15, 0.2) is 15.4 Å². The van der Waals surface area contributed by atoms with Crippen LogP contribution in [-0.2, 0) is 25.0 Å². The number of halogens is 1. The molecule has 0 aliphatic heterocycles. The molecule has 0 saturated carbocycles. The van der Waals surface area contributed by atoms with Crippen LogP contribution in [0.4, 0.5) is 4.39 Å². The van der Waals surface area contributed by atoms with E-state index in [2.05, 4.69) is 0 Å². The van der Waals surface area contributed by atoms with Gasteiger partial charge in [-0.25, -0.2) is 17.6 Å². The average Bonchev–Trinajstić information content (AvgIpc) is 3.08. The maximum atomic E-state index is 14.1. The zero-order valence-electron chi connectivity index (χ0n) is 18.4. The molecule has 0 fully saturated rings. The van der Waals surface area contributed by atoms with Gasteiger partial charge in [-0.05, 0) is 62.2 Å². The van der Waals surface area contributed by atoms with E-state index in [1.54, 1.807) is 55.7 Å². The van der Waals surface area contributed by atoms with Crippen molar-refractivity contribution in [2.75, 3.05) is 12.9 Å². The van der Waals surface area contributed by atoms with Crippen LogP contribution in [0, 0.1) is 12.7 Å². The predicted molar refractivity (Wildman–Crippen MR) is 120 cm³/mol. The maximum Gasteiger partial charge on any atom is 0.340 e. The fourth-order valence-electron chi connectivity index (χ4n) is 3.99. The second kappa shape index (κ2) is 8.88. The topological polar surface area (TPSA) is 85.6 Å². The van der Waals surface area contributed by atoms with Gasteiger partial charge in [-0.3, -0.25) is 0 Å². The first kappa shape index (κ1) is 23.7. The minimum atomic E-state index is -3.37. The van der Waals surface area contributed by atoms with Crippen molar-refractivity contribution >= 4 is 15.8 Å². The number of benzene rings is 2. The number of sulfone groups is 1. The largest absolute Gasteiger partial charge is 0.479 e. The van der Waals surface area contributed by atoms with Crippen LogP contribution in [0.25, 0.3) is 16.9 Å². The minimum Gasteiger partial charge on any atom is -0.479 e. The van der Waals surface area contributed by atoms with Crippen molar-refractivity contribution in [2.24, 2.45) is 0 Å². The van der Waals surface area contributed by atoms with Gasteiger partial charge in [-0.1, -0.05) is 25.1 Å². The van der Waals surface area contributed by atoms with E-state index < -0.39 is 27.2 Å². The highest BCUT2D eigenvalue weighted by atomic mass is 32.2. The summed E-state index contributed by atoms with van der Waals surface area (Å²) in [6, 6.07) is 14.0. The molecule has 0 bridgehead atoms. The molecule has 3 aromatic rings. The minimum absolute atomic E-state index is 0.171. The second-order valence-electron chi connectivity index (χ2n) is 7.56. The number of aliphatic carboxylic acids is 1. The van der Waals surface area contributed by atoms with Crippen molar-refractivity contribution in [3.05, 3.63) is 71.7 Å². The van der Waals surface area contributed by atoms with Crippen LogP contribution in [0.15, 0.2) is 59.5 Å². The summed E-state index contributed by atoms with van der Waals surface area (Å²) in [7, 11) is -3.37. The van der Waals surface area contributed by atoms with Gasteiger partial charge in [0.1, 0.15) is 5.82 Å². The fraction of sp³-hybridized carbons (Fsp3) is 0.292. The Labute approximate surface area is 187 Å². The number of aromatic nitrogens is 1. The molecule has 32 heavy (non-hydrogen) atoms.